The van der Waals surface area contributed by atoms with Gasteiger partial charge in [-0.15, -0.1) is 0 Å². The van der Waals surface area contributed by atoms with E-state index >= 15 is 0 Å². The SMILES string of the molecule is O=C1COC2(CCN(Cc3cccc(C(F)(F)F)c3)CC2)CN1. The van der Waals surface area contributed by atoms with Crippen LogP contribution in [0.2, 0.25) is 0 Å². The maximum Gasteiger partial charge on any atom is 0.416 e. The summed E-state index contributed by atoms with van der Waals surface area (Å²) in [6, 6.07) is 5.47. The number of hydrogen-bond donors (Lipinski definition) is 1. The maximum absolute atomic E-state index is 12.8. The molecule has 2 heterocycles. The van der Waals surface area contributed by atoms with Crippen LogP contribution in [-0.2, 0) is 22.3 Å². The molecule has 1 N–H and O–H groups in total. The Bertz CT molecular complexity index is 569. The molecule has 0 radical (unpaired) electrons. The number of carbonyl (C=O) groups is 1. The summed E-state index contributed by atoms with van der Waals surface area (Å²) in [6.45, 7) is 2.58. The summed E-state index contributed by atoms with van der Waals surface area (Å²) in [6.07, 6.45) is -2.77. The highest BCUT2D eigenvalue weighted by molar-refractivity contribution is 5.78. The molecule has 126 valence electrons. The van der Waals surface area contributed by atoms with Crippen LogP contribution in [0.4, 0.5) is 13.2 Å². The van der Waals surface area contributed by atoms with E-state index < -0.39 is 11.7 Å². The van der Waals surface area contributed by atoms with Crippen LogP contribution in [0.5, 0.6) is 0 Å². The third-order valence-electron chi connectivity index (χ3n) is 4.54. The average Bonchev–Trinajstić information content (AvgIpc) is 2.52. The fourth-order valence-electron chi connectivity index (χ4n) is 3.12. The van der Waals surface area contributed by atoms with Gasteiger partial charge in [0, 0.05) is 26.2 Å². The maximum atomic E-state index is 12.8. The number of halogens is 3. The van der Waals surface area contributed by atoms with Crippen LogP contribution in [0.25, 0.3) is 0 Å². The lowest BCUT2D eigenvalue weighted by atomic mass is 9.89. The van der Waals surface area contributed by atoms with Crippen LogP contribution >= 0.6 is 0 Å². The van der Waals surface area contributed by atoms with Gasteiger partial charge in [-0.3, -0.25) is 9.69 Å². The predicted molar refractivity (Wildman–Crippen MR) is 77.6 cm³/mol. The second-order valence-electron chi connectivity index (χ2n) is 6.22. The first-order valence-electron chi connectivity index (χ1n) is 7.66. The number of rotatable bonds is 2. The largest absolute Gasteiger partial charge is 0.416 e. The molecule has 23 heavy (non-hydrogen) atoms. The molecule has 3 rings (SSSR count). The summed E-state index contributed by atoms with van der Waals surface area (Å²) in [4.78, 5) is 13.3. The van der Waals surface area contributed by atoms with Crippen molar-refractivity contribution in [3.8, 4) is 0 Å². The van der Waals surface area contributed by atoms with E-state index in [2.05, 4.69) is 10.2 Å². The molecule has 1 amide bonds. The van der Waals surface area contributed by atoms with E-state index in [0.717, 1.165) is 32.0 Å². The molecule has 2 fully saturated rings. The number of piperidine rings is 1. The molecule has 1 aromatic carbocycles. The molecule has 2 saturated heterocycles. The lowest BCUT2D eigenvalue weighted by molar-refractivity contribution is -0.150. The van der Waals surface area contributed by atoms with Crippen molar-refractivity contribution >= 4 is 5.91 Å². The third kappa shape index (κ3) is 3.84. The first-order chi connectivity index (χ1) is 10.9. The zero-order valence-electron chi connectivity index (χ0n) is 12.7. The molecule has 0 bridgehead atoms. The Morgan fingerprint density at radius 1 is 1.26 bits per heavy atom. The van der Waals surface area contributed by atoms with Gasteiger partial charge in [0.1, 0.15) is 6.61 Å². The minimum Gasteiger partial charge on any atom is -0.363 e. The van der Waals surface area contributed by atoms with Gasteiger partial charge in [-0.25, -0.2) is 0 Å². The number of carbonyl (C=O) groups excluding carboxylic acids is 1. The molecule has 0 aliphatic carbocycles. The molecular formula is C16H19F3N2O2. The Balaban J connectivity index is 1.58. The summed E-state index contributed by atoms with van der Waals surface area (Å²) in [5, 5.41) is 2.82. The molecule has 0 atom stereocenters. The summed E-state index contributed by atoms with van der Waals surface area (Å²) >= 11 is 0. The van der Waals surface area contributed by atoms with Crippen molar-refractivity contribution in [1.29, 1.82) is 0 Å². The van der Waals surface area contributed by atoms with E-state index in [1.54, 1.807) is 6.07 Å². The topological polar surface area (TPSA) is 41.6 Å². The monoisotopic (exact) mass is 328 g/mol. The van der Waals surface area contributed by atoms with Crippen LogP contribution in [0.3, 0.4) is 0 Å². The fraction of sp³-hybridized carbons (Fsp3) is 0.562. The second kappa shape index (κ2) is 6.13. The van der Waals surface area contributed by atoms with Gasteiger partial charge in [-0.1, -0.05) is 18.2 Å². The molecule has 7 heteroatoms. The minimum absolute atomic E-state index is 0.0909. The second-order valence-corrected chi connectivity index (χ2v) is 6.22. The zero-order valence-corrected chi connectivity index (χ0v) is 12.7. The van der Waals surface area contributed by atoms with E-state index in [-0.39, 0.29) is 18.1 Å². The number of amides is 1. The van der Waals surface area contributed by atoms with Gasteiger partial charge in [0.15, 0.2) is 0 Å². The van der Waals surface area contributed by atoms with Crippen LogP contribution in [0, 0.1) is 0 Å². The highest BCUT2D eigenvalue weighted by Gasteiger charge is 2.39. The van der Waals surface area contributed by atoms with E-state index in [1.807, 2.05) is 0 Å². The Labute approximate surface area is 132 Å². The minimum atomic E-state index is -4.31. The van der Waals surface area contributed by atoms with Crippen molar-refractivity contribution < 1.29 is 22.7 Å². The molecule has 0 saturated carbocycles. The lowest BCUT2D eigenvalue weighted by Gasteiger charge is -2.43. The van der Waals surface area contributed by atoms with Gasteiger partial charge in [-0.2, -0.15) is 13.2 Å². The van der Waals surface area contributed by atoms with Crippen LogP contribution < -0.4 is 5.32 Å². The van der Waals surface area contributed by atoms with Crippen molar-refractivity contribution in [2.24, 2.45) is 0 Å². The number of likely N-dealkylation sites (tertiary alicyclic amines) is 1. The molecule has 2 aliphatic heterocycles. The number of hydrogen-bond acceptors (Lipinski definition) is 3. The van der Waals surface area contributed by atoms with E-state index in [9.17, 15) is 18.0 Å². The highest BCUT2D eigenvalue weighted by Crippen LogP contribution is 2.31. The van der Waals surface area contributed by atoms with Gasteiger partial charge in [0.25, 0.3) is 0 Å². The Hall–Kier alpha value is -1.60. The van der Waals surface area contributed by atoms with E-state index in [1.165, 1.54) is 12.1 Å². The lowest BCUT2D eigenvalue weighted by Crippen LogP contribution is -2.57. The molecule has 0 aromatic heterocycles. The molecule has 4 nitrogen and oxygen atoms in total. The Kier molecular flexibility index (Phi) is 4.33. The van der Waals surface area contributed by atoms with Crippen LogP contribution in [0.1, 0.15) is 24.0 Å². The van der Waals surface area contributed by atoms with Crippen molar-refractivity contribution in [3.05, 3.63) is 35.4 Å². The van der Waals surface area contributed by atoms with Gasteiger partial charge in [0.2, 0.25) is 5.91 Å². The molecule has 0 unspecified atom stereocenters. The van der Waals surface area contributed by atoms with Crippen LogP contribution in [-0.4, -0.2) is 42.6 Å². The first-order valence-corrected chi connectivity index (χ1v) is 7.66. The highest BCUT2D eigenvalue weighted by atomic mass is 19.4. The first kappa shape index (κ1) is 16.3. The molecule has 1 aromatic rings. The van der Waals surface area contributed by atoms with Crippen LogP contribution in [0.15, 0.2) is 24.3 Å². The quantitative estimate of drug-likeness (QED) is 0.905. The Morgan fingerprint density at radius 3 is 2.61 bits per heavy atom. The van der Waals surface area contributed by atoms with Crippen molar-refractivity contribution in [2.75, 3.05) is 26.2 Å². The van der Waals surface area contributed by atoms with Gasteiger partial charge in [0.05, 0.1) is 11.2 Å². The smallest absolute Gasteiger partial charge is 0.363 e. The summed E-state index contributed by atoms with van der Waals surface area (Å²) in [5.41, 5.74) is -0.256. The van der Waals surface area contributed by atoms with Gasteiger partial charge in [-0.05, 0) is 24.5 Å². The Morgan fingerprint density at radius 2 is 2.00 bits per heavy atom. The number of benzene rings is 1. The number of nitrogens with zero attached hydrogens (tertiary/aromatic N) is 1. The molecular weight excluding hydrogens is 309 g/mol. The summed E-state index contributed by atoms with van der Waals surface area (Å²) < 4.78 is 43.9. The van der Waals surface area contributed by atoms with Gasteiger partial charge < -0.3 is 10.1 Å². The number of nitrogens with one attached hydrogen (secondary N) is 1. The van der Waals surface area contributed by atoms with E-state index in [0.29, 0.717) is 18.7 Å². The predicted octanol–water partition coefficient (Wildman–Crippen LogP) is 2.19. The summed E-state index contributed by atoms with van der Waals surface area (Å²) in [7, 11) is 0. The normalized spacial score (nSPS) is 22.1. The molecule has 2 aliphatic rings. The summed E-state index contributed by atoms with van der Waals surface area (Å²) in [5.74, 6) is -0.0954. The zero-order chi connectivity index (χ0) is 16.5. The van der Waals surface area contributed by atoms with Gasteiger partial charge >= 0.3 is 6.18 Å². The van der Waals surface area contributed by atoms with Crippen molar-refractivity contribution in [1.82, 2.24) is 10.2 Å². The number of morpholine rings is 1. The third-order valence-corrected chi connectivity index (χ3v) is 4.54. The van der Waals surface area contributed by atoms with Crippen molar-refractivity contribution in [3.63, 3.8) is 0 Å². The fourth-order valence-corrected chi connectivity index (χ4v) is 3.12. The molecule has 1 spiro atoms. The standard InChI is InChI=1S/C16H19F3N2O2/c17-16(18,19)13-3-1-2-12(8-13)9-21-6-4-15(5-7-21)11-20-14(22)10-23-15/h1-3,8H,4-7,9-11H2,(H,20,22). The number of ether oxygens (including phenoxy) is 1. The van der Waals surface area contributed by atoms with E-state index in [4.69, 9.17) is 4.74 Å². The number of alkyl halides is 3. The van der Waals surface area contributed by atoms with Crippen molar-refractivity contribution in [2.45, 2.75) is 31.2 Å². The average molecular weight is 328 g/mol.